The normalized spacial score (nSPS) is 13.3. The smallest absolute Gasteiger partial charge is 0.466 e. The molecule has 4 N–H and O–H groups in total. The van der Waals surface area contributed by atoms with Crippen molar-refractivity contribution in [3.63, 3.8) is 0 Å². The molecule has 2 aromatic carbocycles. The number of carbonyl (C=O) groups is 1. The first kappa shape index (κ1) is 33.4. The molecule has 15 heteroatoms. The molecule has 0 bridgehead atoms. The lowest BCUT2D eigenvalue weighted by molar-refractivity contribution is -0.135. The Balaban J connectivity index is 0.00000103. The Labute approximate surface area is 234 Å². The Kier molecular flexibility index (Phi) is 12.3. The van der Waals surface area contributed by atoms with Crippen LogP contribution in [-0.2, 0) is 30.7 Å². The van der Waals surface area contributed by atoms with Crippen molar-refractivity contribution in [2.75, 3.05) is 54.1 Å². The quantitative estimate of drug-likeness (QED) is 0.215. The van der Waals surface area contributed by atoms with Gasteiger partial charge in [0.05, 0.1) is 25.2 Å². The van der Waals surface area contributed by atoms with Crippen LogP contribution >= 0.6 is 7.82 Å². The summed E-state index contributed by atoms with van der Waals surface area (Å²) >= 11 is 0. The zero-order valence-corrected chi connectivity index (χ0v) is 24.9. The zero-order valence-electron chi connectivity index (χ0n) is 23.2. The van der Waals surface area contributed by atoms with Gasteiger partial charge < -0.3 is 34.4 Å². The molecule has 40 heavy (non-hydrogen) atoms. The molecule has 1 aliphatic rings. The maximum atomic E-state index is 13.1. The Morgan fingerprint density at radius 2 is 1.68 bits per heavy atom. The second-order valence-corrected chi connectivity index (χ2v) is 12.1. The van der Waals surface area contributed by atoms with Gasteiger partial charge in [-0.3, -0.25) is 9.79 Å². The lowest BCUT2D eigenvalue weighted by atomic mass is 10.1. The number of hydrogen-bond donors (Lipinski definition) is 4. The number of carbonyl (C=O) groups excluding carboxylic acids is 1. The van der Waals surface area contributed by atoms with Crippen molar-refractivity contribution >= 4 is 29.6 Å². The van der Waals surface area contributed by atoms with Gasteiger partial charge >= 0.3 is 7.82 Å². The molecule has 13 nitrogen and oxygen atoms in total. The maximum absolute atomic E-state index is 13.1. The SMILES string of the molecule is COc1cc(C)c(S(=O)(=O)N(C)CCOCC(=O)N(C)Cc2ccc(C3=NCCN3)cc2)c(C)c1.O=P(O)(O)O. The van der Waals surface area contributed by atoms with Crippen LogP contribution in [0.15, 0.2) is 46.3 Å². The molecule has 0 aromatic heterocycles. The molecular formula is C25H37N4O9PS. The van der Waals surface area contributed by atoms with E-state index in [-0.39, 0.29) is 30.6 Å². The van der Waals surface area contributed by atoms with Crippen molar-refractivity contribution in [3.05, 3.63) is 58.7 Å². The first-order chi connectivity index (χ1) is 18.6. The number of methoxy groups -OCH3 is 1. The van der Waals surface area contributed by atoms with Crippen LogP contribution in [0, 0.1) is 13.8 Å². The summed E-state index contributed by atoms with van der Waals surface area (Å²) in [6, 6.07) is 11.3. The summed E-state index contributed by atoms with van der Waals surface area (Å²) in [5.41, 5.74) is 3.26. The predicted octanol–water partition coefficient (Wildman–Crippen LogP) is 1.03. The molecule has 0 atom stereocenters. The molecule has 1 amide bonds. The van der Waals surface area contributed by atoms with Crippen LogP contribution in [-0.4, -0.2) is 98.1 Å². The minimum atomic E-state index is -4.64. The highest BCUT2D eigenvalue weighted by Crippen LogP contribution is 2.27. The summed E-state index contributed by atoms with van der Waals surface area (Å²) in [5, 5.41) is 3.24. The van der Waals surface area contributed by atoms with Crippen LogP contribution in [0.4, 0.5) is 0 Å². The van der Waals surface area contributed by atoms with Gasteiger partial charge in [-0.2, -0.15) is 4.31 Å². The van der Waals surface area contributed by atoms with E-state index in [9.17, 15) is 13.2 Å². The van der Waals surface area contributed by atoms with Crippen LogP contribution in [0.25, 0.3) is 0 Å². The van der Waals surface area contributed by atoms with Gasteiger partial charge in [0, 0.05) is 39.3 Å². The van der Waals surface area contributed by atoms with E-state index in [0.717, 1.165) is 30.1 Å². The number of benzene rings is 2. The number of ether oxygens (including phenoxy) is 2. The Hall–Kier alpha value is -2.84. The lowest BCUT2D eigenvalue weighted by Crippen LogP contribution is -2.33. The van der Waals surface area contributed by atoms with Crippen LogP contribution in [0.3, 0.4) is 0 Å². The van der Waals surface area contributed by atoms with Crippen LogP contribution < -0.4 is 10.1 Å². The van der Waals surface area contributed by atoms with Gasteiger partial charge in [0.25, 0.3) is 0 Å². The summed E-state index contributed by atoms with van der Waals surface area (Å²) in [5.74, 6) is 1.34. The molecule has 0 spiro atoms. The van der Waals surface area contributed by atoms with E-state index in [1.807, 2.05) is 24.3 Å². The second kappa shape index (κ2) is 14.7. The van der Waals surface area contributed by atoms with Gasteiger partial charge in [0.1, 0.15) is 18.2 Å². The number of nitrogens with one attached hydrogen (secondary N) is 1. The first-order valence-corrected chi connectivity index (χ1v) is 15.2. The zero-order chi connectivity index (χ0) is 30.1. The monoisotopic (exact) mass is 600 g/mol. The third-order valence-electron chi connectivity index (χ3n) is 5.86. The number of nitrogens with zero attached hydrogens (tertiary/aromatic N) is 3. The number of amidine groups is 1. The van der Waals surface area contributed by atoms with Gasteiger partial charge in [-0.05, 0) is 42.7 Å². The summed E-state index contributed by atoms with van der Waals surface area (Å²) in [4.78, 5) is 40.3. The number of likely N-dealkylation sites (N-methyl/N-ethyl adjacent to an activating group) is 2. The van der Waals surface area contributed by atoms with E-state index in [1.165, 1.54) is 11.4 Å². The van der Waals surface area contributed by atoms with Crippen LogP contribution in [0.1, 0.15) is 22.3 Å². The van der Waals surface area contributed by atoms with Crippen molar-refractivity contribution in [1.29, 1.82) is 0 Å². The average molecular weight is 601 g/mol. The number of hydrogen-bond acceptors (Lipinski definition) is 8. The van der Waals surface area contributed by atoms with Crippen molar-refractivity contribution in [1.82, 2.24) is 14.5 Å². The molecule has 1 heterocycles. The molecule has 222 valence electrons. The van der Waals surface area contributed by atoms with Gasteiger partial charge in [-0.25, -0.2) is 13.0 Å². The minimum absolute atomic E-state index is 0.105. The highest BCUT2D eigenvalue weighted by Gasteiger charge is 2.25. The van der Waals surface area contributed by atoms with Crippen molar-refractivity contribution in [2.24, 2.45) is 4.99 Å². The summed E-state index contributed by atoms with van der Waals surface area (Å²) in [7, 11) is -3.57. The molecule has 0 fully saturated rings. The number of aliphatic imine (C=N–C) groups is 1. The molecule has 0 aliphatic carbocycles. The maximum Gasteiger partial charge on any atom is 0.466 e. The molecule has 2 aromatic rings. The summed E-state index contributed by atoms with van der Waals surface area (Å²) < 4.78 is 47.0. The van der Waals surface area contributed by atoms with Crippen molar-refractivity contribution in [2.45, 2.75) is 25.3 Å². The molecule has 0 saturated carbocycles. The molecular weight excluding hydrogens is 563 g/mol. The van der Waals surface area contributed by atoms with Crippen LogP contribution in [0.2, 0.25) is 0 Å². The second-order valence-electron chi connectivity index (χ2n) is 9.09. The van der Waals surface area contributed by atoms with Gasteiger partial charge in [-0.15, -0.1) is 0 Å². The Bertz CT molecular complexity index is 1310. The summed E-state index contributed by atoms with van der Waals surface area (Å²) in [6.07, 6.45) is 0. The van der Waals surface area contributed by atoms with Crippen LogP contribution in [0.5, 0.6) is 5.75 Å². The molecule has 0 unspecified atom stereocenters. The van der Waals surface area contributed by atoms with E-state index in [2.05, 4.69) is 10.3 Å². The minimum Gasteiger partial charge on any atom is -0.497 e. The number of phosphoric acid groups is 1. The fourth-order valence-electron chi connectivity index (χ4n) is 3.90. The molecule has 3 rings (SSSR count). The fourth-order valence-corrected chi connectivity index (χ4v) is 5.45. The first-order valence-electron chi connectivity index (χ1n) is 12.2. The third-order valence-corrected chi connectivity index (χ3v) is 8.02. The third kappa shape index (κ3) is 10.3. The molecule has 0 saturated heterocycles. The average Bonchev–Trinajstić information content (AvgIpc) is 3.40. The highest BCUT2D eigenvalue weighted by atomic mass is 32.2. The summed E-state index contributed by atoms with van der Waals surface area (Å²) in [6.45, 7) is 5.70. The fraction of sp³-hybridized carbons (Fsp3) is 0.440. The highest BCUT2D eigenvalue weighted by molar-refractivity contribution is 7.89. The van der Waals surface area contributed by atoms with E-state index in [4.69, 9.17) is 28.7 Å². The van der Waals surface area contributed by atoms with Crippen molar-refractivity contribution in [3.8, 4) is 5.75 Å². The lowest BCUT2D eigenvalue weighted by Gasteiger charge is -2.21. The number of rotatable bonds is 11. The van der Waals surface area contributed by atoms with E-state index in [0.29, 0.717) is 23.4 Å². The van der Waals surface area contributed by atoms with Gasteiger partial charge in [0.2, 0.25) is 15.9 Å². The standard InChI is InChI=1S/C25H34N4O5S.H3O4P/c1-18-14-22(33-5)15-19(2)24(18)35(31,32)29(4)12-13-34-17-23(30)28(3)16-20-6-8-21(9-7-20)25-26-10-11-27-25;1-5(2,3)4/h6-9,14-15H,10-13,16-17H2,1-5H3,(H,26,27);(H3,1,2,3,4). The largest absolute Gasteiger partial charge is 0.497 e. The van der Waals surface area contributed by atoms with E-state index < -0.39 is 17.8 Å². The Morgan fingerprint density at radius 1 is 1.10 bits per heavy atom. The van der Waals surface area contributed by atoms with Gasteiger partial charge in [-0.1, -0.05) is 24.3 Å². The van der Waals surface area contributed by atoms with Gasteiger partial charge in [0.15, 0.2) is 0 Å². The molecule has 1 aliphatic heterocycles. The molecule has 0 radical (unpaired) electrons. The van der Waals surface area contributed by atoms with Crippen molar-refractivity contribution < 1.29 is 41.9 Å². The number of aryl methyl sites for hydroxylation is 2. The van der Waals surface area contributed by atoms with E-state index in [1.54, 1.807) is 45.0 Å². The predicted molar refractivity (Wildman–Crippen MR) is 150 cm³/mol. The Morgan fingerprint density at radius 3 is 2.17 bits per heavy atom. The van der Waals surface area contributed by atoms with E-state index >= 15 is 0 Å². The number of amides is 1. The number of sulfonamides is 1. The topological polar surface area (TPSA) is 178 Å².